The maximum Gasteiger partial charge on any atom is 0.320 e. The lowest BCUT2D eigenvalue weighted by atomic mass is 10.1. The van der Waals surface area contributed by atoms with E-state index in [2.05, 4.69) is 4.98 Å². The van der Waals surface area contributed by atoms with Gasteiger partial charge in [-0.25, -0.2) is 0 Å². The van der Waals surface area contributed by atoms with Crippen molar-refractivity contribution >= 4 is 16.9 Å². The Kier molecular flexibility index (Phi) is 2.64. The number of aliphatic carboxylic acids is 1. The van der Waals surface area contributed by atoms with Gasteiger partial charge < -0.3 is 26.0 Å². The van der Waals surface area contributed by atoms with Crippen LogP contribution in [0.15, 0.2) is 18.3 Å². The first-order valence-electron chi connectivity index (χ1n) is 4.99. The van der Waals surface area contributed by atoms with Crippen molar-refractivity contribution < 1.29 is 20.1 Å². The highest BCUT2D eigenvalue weighted by Gasteiger charge is 2.16. The highest BCUT2D eigenvalue weighted by Crippen LogP contribution is 2.31. The summed E-state index contributed by atoms with van der Waals surface area (Å²) in [6.45, 7) is 0. The van der Waals surface area contributed by atoms with Crippen molar-refractivity contribution in [2.75, 3.05) is 0 Å². The number of fused-ring (bicyclic) bond motifs is 1. The summed E-state index contributed by atoms with van der Waals surface area (Å²) in [5.41, 5.74) is 6.53. The highest BCUT2D eigenvalue weighted by atomic mass is 16.4. The van der Waals surface area contributed by atoms with Gasteiger partial charge in [0.2, 0.25) is 0 Å². The van der Waals surface area contributed by atoms with Crippen LogP contribution in [0.5, 0.6) is 11.5 Å². The van der Waals surface area contributed by atoms with Crippen molar-refractivity contribution in [2.45, 2.75) is 12.5 Å². The topological polar surface area (TPSA) is 120 Å². The number of aromatic nitrogens is 1. The maximum absolute atomic E-state index is 10.7. The first-order chi connectivity index (χ1) is 7.99. The molecule has 6 N–H and O–H groups in total. The van der Waals surface area contributed by atoms with Crippen LogP contribution in [-0.2, 0) is 11.2 Å². The Bertz CT molecular complexity index is 576. The van der Waals surface area contributed by atoms with Gasteiger partial charge in [-0.15, -0.1) is 0 Å². The first-order valence-corrected chi connectivity index (χ1v) is 4.99. The van der Waals surface area contributed by atoms with Gasteiger partial charge in [0.25, 0.3) is 0 Å². The predicted molar refractivity (Wildman–Crippen MR) is 60.9 cm³/mol. The minimum atomic E-state index is -1.09. The van der Waals surface area contributed by atoms with E-state index in [1.165, 1.54) is 12.1 Å². The van der Waals surface area contributed by atoms with Crippen LogP contribution in [0.25, 0.3) is 10.9 Å². The van der Waals surface area contributed by atoms with Gasteiger partial charge in [0.05, 0.1) is 5.52 Å². The largest absolute Gasteiger partial charge is 0.508 e. The molecule has 1 atom stereocenters. The van der Waals surface area contributed by atoms with E-state index in [4.69, 9.17) is 10.8 Å². The lowest BCUT2D eigenvalue weighted by molar-refractivity contribution is -0.138. The highest BCUT2D eigenvalue weighted by molar-refractivity contribution is 5.90. The summed E-state index contributed by atoms with van der Waals surface area (Å²) in [6, 6.07) is 1.65. The second kappa shape index (κ2) is 3.99. The number of aromatic amines is 1. The normalized spacial score (nSPS) is 12.8. The van der Waals surface area contributed by atoms with Gasteiger partial charge in [0.15, 0.2) is 0 Å². The SMILES string of the molecule is N[C@@H](Cc1c[nH]c2c(O)cc(O)cc12)C(=O)O. The number of benzene rings is 1. The maximum atomic E-state index is 10.7. The van der Waals surface area contributed by atoms with Crippen molar-refractivity contribution in [2.24, 2.45) is 5.73 Å². The number of carboxylic acid groups (broad SMARTS) is 1. The molecule has 0 aliphatic rings. The molecule has 0 aliphatic carbocycles. The van der Waals surface area contributed by atoms with Gasteiger partial charge in [-0.05, 0) is 11.6 Å². The third-order valence-electron chi connectivity index (χ3n) is 2.60. The molecule has 0 fully saturated rings. The monoisotopic (exact) mass is 236 g/mol. The molecule has 1 heterocycles. The number of hydrogen-bond acceptors (Lipinski definition) is 4. The summed E-state index contributed by atoms with van der Waals surface area (Å²) >= 11 is 0. The number of aromatic hydroxyl groups is 2. The number of H-pyrrole nitrogens is 1. The van der Waals surface area contributed by atoms with E-state index in [1.54, 1.807) is 6.20 Å². The van der Waals surface area contributed by atoms with Crippen molar-refractivity contribution in [1.82, 2.24) is 4.98 Å². The molecule has 0 bridgehead atoms. The van der Waals surface area contributed by atoms with Crippen LogP contribution < -0.4 is 5.73 Å². The quantitative estimate of drug-likeness (QED) is 0.532. The Morgan fingerprint density at radius 2 is 2.12 bits per heavy atom. The van der Waals surface area contributed by atoms with Crippen LogP contribution in [0.3, 0.4) is 0 Å². The van der Waals surface area contributed by atoms with Crippen LogP contribution in [0.2, 0.25) is 0 Å². The van der Waals surface area contributed by atoms with Crippen LogP contribution in [-0.4, -0.2) is 32.3 Å². The van der Waals surface area contributed by atoms with Crippen LogP contribution in [0.1, 0.15) is 5.56 Å². The molecule has 0 saturated heterocycles. The second-order valence-corrected chi connectivity index (χ2v) is 3.85. The molecule has 0 aliphatic heterocycles. The van der Waals surface area contributed by atoms with E-state index in [-0.39, 0.29) is 17.9 Å². The fraction of sp³-hybridized carbons (Fsp3) is 0.182. The number of hydrogen-bond donors (Lipinski definition) is 5. The zero-order chi connectivity index (χ0) is 12.6. The number of phenols is 2. The lowest BCUT2D eigenvalue weighted by Gasteiger charge is -2.05. The molecular formula is C11H12N2O4. The minimum Gasteiger partial charge on any atom is -0.508 e. The Hall–Kier alpha value is -2.21. The molecule has 6 heteroatoms. The Morgan fingerprint density at radius 3 is 2.76 bits per heavy atom. The third kappa shape index (κ3) is 2.02. The van der Waals surface area contributed by atoms with E-state index < -0.39 is 12.0 Å². The molecule has 2 aromatic rings. The third-order valence-corrected chi connectivity index (χ3v) is 2.60. The molecule has 0 radical (unpaired) electrons. The number of rotatable bonds is 3. The molecule has 17 heavy (non-hydrogen) atoms. The molecule has 0 amide bonds. The Morgan fingerprint density at radius 1 is 1.41 bits per heavy atom. The van der Waals surface area contributed by atoms with Crippen LogP contribution in [0.4, 0.5) is 0 Å². The first kappa shape index (κ1) is 11.3. The molecule has 0 spiro atoms. The van der Waals surface area contributed by atoms with Crippen molar-refractivity contribution in [3.63, 3.8) is 0 Å². The van der Waals surface area contributed by atoms with Gasteiger partial charge in [-0.2, -0.15) is 0 Å². The number of carbonyl (C=O) groups is 1. The predicted octanol–water partition coefficient (Wildman–Crippen LogP) is 0.534. The van der Waals surface area contributed by atoms with Crippen LogP contribution >= 0.6 is 0 Å². The standard InChI is InChI=1S/C11H12N2O4/c12-8(11(16)17)1-5-4-13-10-7(5)2-6(14)3-9(10)15/h2-4,8,13-15H,1,12H2,(H,16,17)/t8-/m0/s1. The van der Waals surface area contributed by atoms with E-state index in [1.807, 2.05) is 0 Å². The van der Waals surface area contributed by atoms with Gasteiger partial charge in [-0.1, -0.05) is 0 Å². The van der Waals surface area contributed by atoms with E-state index in [9.17, 15) is 15.0 Å². The number of nitrogens with one attached hydrogen (secondary N) is 1. The fourth-order valence-electron chi connectivity index (χ4n) is 1.75. The molecule has 0 saturated carbocycles. The fourth-order valence-corrected chi connectivity index (χ4v) is 1.75. The smallest absolute Gasteiger partial charge is 0.320 e. The molecular weight excluding hydrogens is 224 g/mol. The van der Waals surface area contributed by atoms with E-state index in [0.717, 1.165) is 0 Å². The summed E-state index contributed by atoms with van der Waals surface area (Å²) in [4.78, 5) is 13.5. The van der Waals surface area contributed by atoms with Crippen molar-refractivity contribution in [3.8, 4) is 11.5 Å². The molecule has 0 unspecified atom stereocenters. The van der Waals surface area contributed by atoms with Gasteiger partial charge in [0, 0.05) is 24.1 Å². The molecule has 2 rings (SSSR count). The summed E-state index contributed by atoms with van der Waals surface area (Å²) in [5, 5.41) is 28.2. The molecule has 90 valence electrons. The second-order valence-electron chi connectivity index (χ2n) is 3.85. The average molecular weight is 236 g/mol. The van der Waals surface area contributed by atoms with E-state index in [0.29, 0.717) is 16.5 Å². The van der Waals surface area contributed by atoms with Crippen molar-refractivity contribution in [1.29, 1.82) is 0 Å². The summed E-state index contributed by atoms with van der Waals surface area (Å²) in [6.07, 6.45) is 1.70. The van der Waals surface area contributed by atoms with Gasteiger partial charge in [0.1, 0.15) is 17.5 Å². The van der Waals surface area contributed by atoms with Crippen molar-refractivity contribution in [3.05, 3.63) is 23.9 Å². The average Bonchev–Trinajstić information content (AvgIpc) is 2.61. The van der Waals surface area contributed by atoms with E-state index >= 15 is 0 Å². The minimum absolute atomic E-state index is 0.0836. The number of nitrogens with two attached hydrogens (primary N) is 1. The van der Waals surface area contributed by atoms with Gasteiger partial charge >= 0.3 is 5.97 Å². The zero-order valence-corrected chi connectivity index (χ0v) is 8.84. The van der Waals surface area contributed by atoms with Gasteiger partial charge in [-0.3, -0.25) is 4.79 Å². The Balaban J connectivity index is 2.45. The molecule has 6 nitrogen and oxygen atoms in total. The Labute approximate surface area is 96.3 Å². The number of carboxylic acids is 1. The summed E-state index contributed by atoms with van der Waals surface area (Å²) in [7, 11) is 0. The zero-order valence-electron chi connectivity index (χ0n) is 8.84. The lowest BCUT2D eigenvalue weighted by Crippen LogP contribution is -2.32. The number of phenolic OH excluding ortho intramolecular Hbond substituents is 2. The molecule has 1 aromatic carbocycles. The van der Waals surface area contributed by atoms with Crippen LogP contribution in [0, 0.1) is 0 Å². The summed E-state index contributed by atoms with van der Waals surface area (Å²) < 4.78 is 0. The summed E-state index contributed by atoms with van der Waals surface area (Å²) in [5.74, 6) is -1.27. The molecule has 1 aromatic heterocycles.